The monoisotopic (exact) mass is 516 g/mol. The van der Waals surface area contributed by atoms with Crippen molar-refractivity contribution in [2.45, 2.75) is 135 Å². The van der Waals surface area contributed by atoms with Crippen molar-refractivity contribution in [2.24, 2.45) is 0 Å². The fraction of sp³-hybridized carbons (Fsp3) is 0.966. The SMILES string of the molecule is CCCCCCCCCCNCCCCCSCCCNCCCCCCCCCCOC(=O)O. The molecule has 35 heavy (non-hydrogen) atoms. The highest BCUT2D eigenvalue weighted by Gasteiger charge is 1.97. The predicted molar refractivity (Wildman–Crippen MR) is 155 cm³/mol. The molecule has 0 atom stereocenters. The Morgan fingerprint density at radius 1 is 0.571 bits per heavy atom. The van der Waals surface area contributed by atoms with Gasteiger partial charge in [0.2, 0.25) is 0 Å². The topological polar surface area (TPSA) is 70.6 Å². The van der Waals surface area contributed by atoms with Crippen LogP contribution in [0.4, 0.5) is 4.79 Å². The van der Waals surface area contributed by atoms with Crippen LogP contribution in [0, 0.1) is 0 Å². The van der Waals surface area contributed by atoms with Gasteiger partial charge in [0.25, 0.3) is 0 Å². The molecule has 0 spiro atoms. The van der Waals surface area contributed by atoms with E-state index in [0.717, 1.165) is 25.9 Å². The van der Waals surface area contributed by atoms with E-state index in [1.165, 1.54) is 140 Å². The Bertz CT molecular complexity index is 413. The maximum atomic E-state index is 10.2. The molecule has 0 amide bonds. The minimum atomic E-state index is -1.16. The quantitative estimate of drug-likeness (QED) is 0.0657. The molecule has 0 aromatic rings. The third-order valence-corrected chi connectivity index (χ3v) is 7.62. The molecule has 0 aromatic heterocycles. The summed E-state index contributed by atoms with van der Waals surface area (Å²) in [6.45, 7) is 7.36. The van der Waals surface area contributed by atoms with Gasteiger partial charge in [0.15, 0.2) is 0 Å². The van der Waals surface area contributed by atoms with E-state index in [2.05, 4.69) is 34.1 Å². The van der Waals surface area contributed by atoms with Crippen molar-refractivity contribution >= 4 is 17.9 Å². The first-order valence-electron chi connectivity index (χ1n) is 15.1. The van der Waals surface area contributed by atoms with Gasteiger partial charge in [-0.05, 0) is 76.2 Å². The molecule has 0 aliphatic heterocycles. The second-order valence-corrected chi connectivity index (χ2v) is 11.2. The number of hydrogen-bond acceptors (Lipinski definition) is 5. The zero-order valence-electron chi connectivity index (χ0n) is 23.3. The fourth-order valence-corrected chi connectivity index (χ4v) is 5.20. The number of hydrogen-bond donors (Lipinski definition) is 3. The first-order valence-corrected chi connectivity index (χ1v) is 16.3. The third kappa shape index (κ3) is 33.5. The van der Waals surface area contributed by atoms with Gasteiger partial charge in [-0.3, -0.25) is 0 Å². The van der Waals surface area contributed by atoms with Crippen molar-refractivity contribution in [3.63, 3.8) is 0 Å². The van der Waals surface area contributed by atoms with E-state index in [1.807, 2.05) is 0 Å². The van der Waals surface area contributed by atoms with Crippen LogP contribution in [0.5, 0.6) is 0 Å². The molecule has 0 bridgehead atoms. The van der Waals surface area contributed by atoms with Crippen molar-refractivity contribution < 1.29 is 14.6 Å². The first-order chi connectivity index (χ1) is 17.3. The zero-order chi connectivity index (χ0) is 25.5. The van der Waals surface area contributed by atoms with Crippen molar-refractivity contribution in [3.8, 4) is 0 Å². The molecule has 0 radical (unpaired) electrons. The molecule has 0 rings (SSSR count). The van der Waals surface area contributed by atoms with E-state index < -0.39 is 6.16 Å². The molecule has 0 fully saturated rings. The largest absolute Gasteiger partial charge is 0.505 e. The van der Waals surface area contributed by atoms with Crippen LogP contribution in [-0.4, -0.2) is 55.6 Å². The normalized spacial score (nSPS) is 11.2. The van der Waals surface area contributed by atoms with Gasteiger partial charge in [-0.15, -0.1) is 0 Å². The average Bonchev–Trinajstić information content (AvgIpc) is 2.85. The Labute approximate surface area is 222 Å². The summed E-state index contributed by atoms with van der Waals surface area (Å²) < 4.78 is 4.51. The number of unbranched alkanes of at least 4 members (excludes halogenated alkanes) is 16. The number of ether oxygens (including phenoxy) is 1. The Balaban J connectivity index is 3.01. The van der Waals surface area contributed by atoms with Crippen LogP contribution in [0.3, 0.4) is 0 Å². The van der Waals surface area contributed by atoms with Gasteiger partial charge >= 0.3 is 6.16 Å². The smallest absolute Gasteiger partial charge is 0.450 e. The van der Waals surface area contributed by atoms with Crippen LogP contribution in [0.15, 0.2) is 0 Å². The molecule has 0 aliphatic carbocycles. The number of carboxylic acid groups (broad SMARTS) is 1. The molecule has 3 N–H and O–H groups in total. The van der Waals surface area contributed by atoms with Gasteiger partial charge in [0.05, 0.1) is 6.61 Å². The summed E-state index contributed by atoms with van der Waals surface area (Å²) >= 11 is 2.13. The summed E-state index contributed by atoms with van der Waals surface area (Å²) in [4.78, 5) is 10.2. The number of nitrogens with one attached hydrogen (secondary N) is 2. The zero-order valence-corrected chi connectivity index (χ0v) is 24.1. The van der Waals surface area contributed by atoms with Gasteiger partial charge in [0.1, 0.15) is 0 Å². The van der Waals surface area contributed by atoms with E-state index in [1.54, 1.807) is 0 Å². The average molecular weight is 517 g/mol. The lowest BCUT2D eigenvalue weighted by atomic mass is 10.1. The van der Waals surface area contributed by atoms with E-state index in [0.29, 0.717) is 6.61 Å². The standard InChI is InChI=1S/C29H60N2O3S/c1-2-3-4-5-6-9-12-16-22-30-24-18-15-20-27-35-28-21-25-31-23-17-13-10-7-8-11-14-19-26-34-29(32)33/h30-31H,2-28H2,1H3,(H,32,33). The summed E-state index contributed by atoms with van der Waals surface area (Å²) in [5.74, 6) is 2.62. The highest BCUT2D eigenvalue weighted by Crippen LogP contribution is 2.10. The van der Waals surface area contributed by atoms with Crippen molar-refractivity contribution in [2.75, 3.05) is 44.3 Å². The van der Waals surface area contributed by atoms with Crippen LogP contribution >= 0.6 is 11.8 Å². The van der Waals surface area contributed by atoms with Crippen LogP contribution < -0.4 is 10.6 Å². The number of thioether (sulfide) groups is 1. The highest BCUT2D eigenvalue weighted by molar-refractivity contribution is 7.99. The Kier molecular flexibility index (Phi) is 31.2. The van der Waals surface area contributed by atoms with E-state index in [9.17, 15) is 4.79 Å². The Morgan fingerprint density at radius 2 is 0.971 bits per heavy atom. The highest BCUT2D eigenvalue weighted by atomic mass is 32.2. The molecule has 0 aromatic carbocycles. The van der Waals surface area contributed by atoms with Crippen LogP contribution in [0.1, 0.15) is 135 Å². The molecule has 210 valence electrons. The van der Waals surface area contributed by atoms with Gasteiger partial charge < -0.3 is 20.5 Å². The fourth-order valence-electron chi connectivity index (χ4n) is 4.24. The minimum Gasteiger partial charge on any atom is -0.450 e. The molecule has 0 unspecified atom stereocenters. The lowest BCUT2D eigenvalue weighted by Gasteiger charge is -2.06. The van der Waals surface area contributed by atoms with Gasteiger partial charge in [-0.1, -0.05) is 96.8 Å². The molecule has 0 aliphatic rings. The molecular weight excluding hydrogens is 456 g/mol. The van der Waals surface area contributed by atoms with Crippen LogP contribution in [0.25, 0.3) is 0 Å². The molecule has 5 nitrogen and oxygen atoms in total. The van der Waals surface area contributed by atoms with E-state index >= 15 is 0 Å². The van der Waals surface area contributed by atoms with Crippen molar-refractivity contribution in [1.29, 1.82) is 0 Å². The summed E-state index contributed by atoms with van der Waals surface area (Å²) in [6, 6.07) is 0. The molecule has 0 saturated carbocycles. The van der Waals surface area contributed by atoms with Crippen molar-refractivity contribution in [3.05, 3.63) is 0 Å². The van der Waals surface area contributed by atoms with Gasteiger partial charge in [-0.25, -0.2) is 4.79 Å². The summed E-state index contributed by atoms with van der Waals surface area (Å²) in [6.07, 6.45) is 25.1. The van der Waals surface area contributed by atoms with Gasteiger partial charge in [-0.2, -0.15) is 11.8 Å². The second kappa shape index (κ2) is 31.6. The maximum Gasteiger partial charge on any atom is 0.505 e. The molecular formula is C29H60N2O3S. The molecule has 0 saturated heterocycles. The lowest BCUT2D eigenvalue weighted by molar-refractivity contribution is 0.0899. The summed E-state index contributed by atoms with van der Waals surface area (Å²) in [5, 5.41) is 15.6. The maximum absolute atomic E-state index is 10.2. The second-order valence-electron chi connectivity index (χ2n) is 9.94. The van der Waals surface area contributed by atoms with Gasteiger partial charge in [0, 0.05) is 0 Å². The third-order valence-electron chi connectivity index (χ3n) is 6.46. The van der Waals surface area contributed by atoms with Crippen LogP contribution in [-0.2, 0) is 4.74 Å². The van der Waals surface area contributed by atoms with Crippen molar-refractivity contribution in [1.82, 2.24) is 10.6 Å². The minimum absolute atomic E-state index is 0.344. The molecule has 0 heterocycles. The number of rotatable bonds is 30. The summed E-state index contributed by atoms with van der Waals surface area (Å²) in [7, 11) is 0. The Morgan fingerprint density at radius 3 is 1.49 bits per heavy atom. The Hall–Kier alpha value is -0.460. The van der Waals surface area contributed by atoms with E-state index in [-0.39, 0.29) is 0 Å². The van der Waals surface area contributed by atoms with E-state index in [4.69, 9.17) is 5.11 Å². The summed E-state index contributed by atoms with van der Waals surface area (Å²) in [5.41, 5.74) is 0. The predicted octanol–water partition coefficient (Wildman–Crippen LogP) is 8.42. The first kappa shape index (κ1) is 34.5. The molecule has 6 heteroatoms. The number of carbonyl (C=O) groups is 1. The van der Waals surface area contributed by atoms with Crippen LogP contribution in [0.2, 0.25) is 0 Å². The lowest BCUT2D eigenvalue weighted by Crippen LogP contribution is -2.17.